The van der Waals surface area contributed by atoms with E-state index in [0.29, 0.717) is 38.6 Å². The third-order valence-electron chi connectivity index (χ3n) is 5.69. The predicted octanol–water partition coefficient (Wildman–Crippen LogP) is 4.22. The van der Waals surface area contributed by atoms with Gasteiger partial charge in [-0.3, -0.25) is 10.2 Å². The summed E-state index contributed by atoms with van der Waals surface area (Å²) < 4.78 is 14.3. The van der Waals surface area contributed by atoms with Crippen LogP contribution in [-0.4, -0.2) is 65.3 Å². The van der Waals surface area contributed by atoms with Crippen molar-refractivity contribution in [2.45, 2.75) is 25.3 Å². The minimum atomic E-state index is -0.438. The summed E-state index contributed by atoms with van der Waals surface area (Å²) in [5.74, 6) is 0.110. The van der Waals surface area contributed by atoms with Crippen LogP contribution in [0.15, 0.2) is 30.3 Å². The second-order valence-corrected chi connectivity index (χ2v) is 9.33. The van der Waals surface area contributed by atoms with E-state index in [4.69, 9.17) is 11.6 Å². The van der Waals surface area contributed by atoms with Gasteiger partial charge in [0.05, 0.1) is 12.3 Å². The molecule has 2 amide bonds. The van der Waals surface area contributed by atoms with Gasteiger partial charge < -0.3 is 15.3 Å². The number of pyridine rings is 1. The predicted molar refractivity (Wildman–Crippen MR) is 130 cm³/mol. The fourth-order valence-corrected chi connectivity index (χ4v) is 4.93. The van der Waals surface area contributed by atoms with E-state index in [-0.39, 0.29) is 18.7 Å². The molecule has 2 aromatic heterocycles. The molecule has 1 aliphatic rings. The van der Waals surface area contributed by atoms with Gasteiger partial charge in [-0.15, -0.1) is 0 Å². The fourth-order valence-electron chi connectivity index (χ4n) is 3.95. The van der Waals surface area contributed by atoms with Crippen molar-refractivity contribution in [3.8, 4) is 0 Å². The molecule has 8 nitrogen and oxygen atoms in total. The highest BCUT2D eigenvalue weighted by atomic mass is 35.5. The second-order valence-electron chi connectivity index (χ2n) is 7.92. The Balaban J connectivity index is 1.33. The summed E-state index contributed by atoms with van der Waals surface area (Å²) in [4.78, 5) is 25.7. The molecule has 3 N–H and O–H groups in total. The van der Waals surface area contributed by atoms with Crippen LogP contribution in [0.3, 0.4) is 0 Å². The summed E-state index contributed by atoms with van der Waals surface area (Å²) in [6, 6.07) is 7.94. The molecule has 1 aromatic carbocycles. The van der Waals surface area contributed by atoms with E-state index < -0.39 is 5.82 Å². The summed E-state index contributed by atoms with van der Waals surface area (Å²) >= 11 is 7.09. The standard InChI is InChI=1S/C22H26ClFN6O2S/c1-29(18-7-5-14(23)12-16(18)24)19-8-6-17-20(27-19)33-22(26-17)28-21(32)25-9-3-11-30-10-2-4-15(30)13-31/h5-8,12,15,31H,2-4,9-11,13H2,1H3,(H2,25,26,28,32)/t15-/m0/s1. The molecule has 1 saturated heterocycles. The molecular weight excluding hydrogens is 467 g/mol. The molecule has 0 unspecified atom stereocenters. The molecule has 0 aliphatic carbocycles. The molecule has 1 aliphatic heterocycles. The van der Waals surface area contributed by atoms with Gasteiger partial charge in [0.1, 0.15) is 22.0 Å². The first-order chi connectivity index (χ1) is 15.9. The maximum Gasteiger partial charge on any atom is 0.321 e. The van der Waals surface area contributed by atoms with Crippen LogP contribution in [0.1, 0.15) is 19.3 Å². The number of carbonyl (C=O) groups is 1. The number of nitrogens with zero attached hydrogens (tertiary/aromatic N) is 4. The lowest BCUT2D eigenvalue weighted by Crippen LogP contribution is -2.36. The van der Waals surface area contributed by atoms with E-state index in [9.17, 15) is 14.3 Å². The molecule has 11 heteroatoms. The number of anilines is 3. The van der Waals surface area contributed by atoms with Gasteiger partial charge in [0, 0.05) is 31.2 Å². The number of hydrogen-bond donors (Lipinski definition) is 3. The Kier molecular flexibility index (Phi) is 7.59. The quantitative estimate of drug-likeness (QED) is 0.408. The first-order valence-electron chi connectivity index (χ1n) is 10.8. The largest absolute Gasteiger partial charge is 0.395 e. The van der Waals surface area contributed by atoms with Crippen LogP contribution in [-0.2, 0) is 0 Å². The summed E-state index contributed by atoms with van der Waals surface area (Å²) in [5.41, 5.74) is 1.00. The number of amides is 2. The van der Waals surface area contributed by atoms with Gasteiger partial charge in [0.2, 0.25) is 0 Å². The number of hydrogen-bond acceptors (Lipinski definition) is 7. The van der Waals surface area contributed by atoms with Crippen LogP contribution in [0.2, 0.25) is 5.02 Å². The number of urea groups is 1. The zero-order valence-corrected chi connectivity index (χ0v) is 19.8. The SMILES string of the molecule is CN(c1ccc2nc(NC(=O)NCCCN3CCC[C@H]3CO)sc2n1)c1ccc(Cl)cc1F. The Bertz CT molecular complexity index is 1130. The number of halogens is 2. The van der Waals surface area contributed by atoms with Crippen LogP contribution in [0.5, 0.6) is 0 Å². The lowest BCUT2D eigenvalue weighted by atomic mass is 10.2. The van der Waals surface area contributed by atoms with E-state index in [0.717, 1.165) is 32.4 Å². The third kappa shape index (κ3) is 5.70. The Labute approximate surface area is 200 Å². The summed E-state index contributed by atoms with van der Waals surface area (Å²) in [6.07, 6.45) is 2.95. The number of likely N-dealkylation sites (tertiary alicyclic amines) is 1. The van der Waals surface area contributed by atoms with E-state index in [1.54, 1.807) is 36.2 Å². The number of aromatic nitrogens is 2. The van der Waals surface area contributed by atoms with Crippen LogP contribution in [0.25, 0.3) is 10.3 Å². The van der Waals surface area contributed by atoms with Crippen LogP contribution in [0.4, 0.5) is 25.8 Å². The summed E-state index contributed by atoms with van der Waals surface area (Å²) in [5, 5.41) is 15.7. The van der Waals surface area contributed by atoms with E-state index in [1.807, 2.05) is 0 Å². The third-order valence-corrected chi connectivity index (χ3v) is 6.81. The molecule has 176 valence electrons. The average Bonchev–Trinajstić information content (AvgIpc) is 3.41. The van der Waals surface area contributed by atoms with Gasteiger partial charge in [0.15, 0.2) is 5.13 Å². The molecule has 1 fully saturated rings. The molecule has 1 atom stereocenters. The summed E-state index contributed by atoms with van der Waals surface area (Å²) in [6.45, 7) is 2.57. The van der Waals surface area contributed by atoms with E-state index in [2.05, 4.69) is 25.5 Å². The van der Waals surface area contributed by atoms with Crippen molar-refractivity contribution in [1.29, 1.82) is 0 Å². The van der Waals surface area contributed by atoms with Crippen molar-refractivity contribution in [2.75, 3.05) is 43.5 Å². The van der Waals surface area contributed by atoms with E-state index in [1.165, 1.54) is 17.4 Å². The topological polar surface area (TPSA) is 93.6 Å². The minimum Gasteiger partial charge on any atom is -0.395 e. The first-order valence-corrected chi connectivity index (χ1v) is 12.0. The smallest absolute Gasteiger partial charge is 0.321 e. The molecule has 33 heavy (non-hydrogen) atoms. The number of aliphatic hydroxyl groups excluding tert-OH is 1. The average molecular weight is 493 g/mol. The molecule has 3 heterocycles. The Morgan fingerprint density at radius 2 is 2.21 bits per heavy atom. The van der Waals surface area contributed by atoms with Gasteiger partial charge in [-0.2, -0.15) is 0 Å². The molecule has 4 rings (SSSR count). The van der Waals surface area contributed by atoms with Crippen molar-refractivity contribution in [1.82, 2.24) is 20.2 Å². The number of thiazole rings is 1. The maximum absolute atomic E-state index is 14.3. The van der Waals surface area contributed by atoms with Gasteiger partial charge in [0.25, 0.3) is 0 Å². The molecule has 3 aromatic rings. The van der Waals surface area contributed by atoms with Gasteiger partial charge in [-0.05, 0) is 56.1 Å². The van der Waals surface area contributed by atoms with Crippen LogP contribution in [0, 0.1) is 5.82 Å². The highest BCUT2D eigenvalue weighted by Gasteiger charge is 2.22. The maximum atomic E-state index is 14.3. The minimum absolute atomic E-state index is 0.186. The van der Waals surface area contributed by atoms with Crippen molar-refractivity contribution >= 4 is 56.0 Å². The fraction of sp³-hybridized carbons (Fsp3) is 0.409. The zero-order chi connectivity index (χ0) is 23.4. The highest BCUT2D eigenvalue weighted by Crippen LogP contribution is 2.31. The van der Waals surface area contributed by atoms with Crippen molar-refractivity contribution in [3.63, 3.8) is 0 Å². The number of carbonyl (C=O) groups excluding carboxylic acids is 1. The second kappa shape index (κ2) is 10.6. The first kappa shape index (κ1) is 23.6. The Morgan fingerprint density at radius 1 is 1.36 bits per heavy atom. The molecule has 0 bridgehead atoms. The number of fused-ring (bicyclic) bond motifs is 1. The molecule has 0 spiro atoms. The molecule has 0 radical (unpaired) electrons. The lowest BCUT2D eigenvalue weighted by molar-refractivity contribution is 0.158. The van der Waals surface area contributed by atoms with Crippen molar-refractivity contribution in [3.05, 3.63) is 41.2 Å². The van der Waals surface area contributed by atoms with Gasteiger partial charge >= 0.3 is 6.03 Å². The highest BCUT2D eigenvalue weighted by molar-refractivity contribution is 7.22. The Morgan fingerprint density at radius 3 is 3.00 bits per heavy atom. The van der Waals surface area contributed by atoms with Crippen molar-refractivity contribution < 1.29 is 14.3 Å². The number of benzene rings is 1. The van der Waals surface area contributed by atoms with Crippen LogP contribution < -0.4 is 15.5 Å². The van der Waals surface area contributed by atoms with Crippen LogP contribution >= 0.6 is 22.9 Å². The van der Waals surface area contributed by atoms with Gasteiger partial charge in [-0.1, -0.05) is 22.9 Å². The Hall–Kier alpha value is -2.53. The van der Waals surface area contributed by atoms with Gasteiger partial charge in [-0.25, -0.2) is 19.2 Å². The lowest BCUT2D eigenvalue weighted by Gasteiger charge is -2.22. The number of rotatable bonds is 8. The van der Waals surface area contributed by atoms with E-state index >= 15 is 0 Å². The normalized spacial score (nSPS) is 16.3. The van der Waals surface area contributed by atoms with Crippen molar-refractivity contribution in [2.24, 2.45) is 0 Å². The monoisotopic (exact) mass is 492 g/mol. The molecule has 0 saturated carbocycles. The molecular formula is C22H26ClFN6O2S. The zero-order valence-electron chi connectivity index (χ0n) is 18.2. The summed E-state index contributed by atoms with van der Waals surface area (Å²) in [7, 11) is 1.72. The number of aliphatic hydroxyl groups is 1. The number of nitrogens with one attached hydrogen (secondary N) is 2.